The second-order valence-corrected chi connectivity index (χ2v) is 12.4. The summed E-state index contributed by atoms with van der Waals surface area (Å²) in [7, 11) is -4.14. The number of nitrogens with two attached hydrogens (primary N) is 1. The maximum absolute atomic E-state index is 13.9. The van der Waals surface area contributed by atoms with Gasteiger partial charge in [0, 0.05) is 16.1 Å². The number of benzene rings is 1. The highest BCUT2D eigenvalue weighted by Crippen LogP contribution is 2.56. The lowest BCUT2D eigenvalue weighted by molar-refractivity contribution is -0.150. The van der Waals surface area contributed by atoms with Crippen LogP contribution in [0.4, 0.5) is 5.95 Å². The number of aliphatic hydroxyl groups excluding tert-OH is 1. The predicted octanol–water partition coefficient (Wildman–Crippen LogP) is 3.60. The number of aromatic nitrogens is 4. The summed E-state index contributed by atoms with van der Waals surface area (Å²) in [5.41, 5.74) is 5.44. The quantitative estimate of drug-likeness (QED) is 0.158. The first-order chi connectivity index (χ1) is 19.0. The normalized spacial score (nSPS) is 20.7. The van der Waals surface area contributed by atoms with Gasteiger partial charge in [-0.2, -0.15) is 10.1 Å². The summed E-state index contributed by atoms with van der Waals surface area (Å²) in [6.45, 7) is 4.78. The number of fused-ring (bicyclic) bond motifs is 1. The summed E-state index contributed by atoms with van der Waals surface area (Å²) in [6, 6.07) is 5.61. The van der Waals surface area contributed by atoms with Gasteiger partial charge in [-0.3, -0.25) is 23.7 Å². The number of nitrogens with one attached hydrogen (secondary N) is 2. The second kappa shape index (κ2) is 12.2. The van der Waals surface area contributed by atoms with E-state index in [1.807, 2.05) is 6.92 Å². The van der Waals surface area contributed by atoms with E-state index < -0.39 is 30.7 Å². The first kappa shape index (κ1) is 29.9. The van der Waals surface area contributed by atoms with E-state index in [9.17, 15) is 19.3 Å². The van der Waals surface area contributed by atoms with Gasteiger partial charge in [0.1, 0.15) is 18.1 Å². The fourth-order valence-electron chi connectivity index (χ4n) is 4.04. The number of rotatable bonds is 13. The van der Waals surface area contributed by atoms with E-state index in [0.29, 0.717) is 12.8 Å². The molecule has 2 aromatic heterocycles. The SMILES string of the molecule is CCC[C@H](C)OC(=O)C(C)NP(=O)(OC[C@@]1(CO)C/C1=C/n1cnc2c(=O)[nH]c(N)nc21)Oc1ccc(Br)cc1. The largest absolute Gasteiger partial charge is 0.462 e. The second-order valence-electron chi connectivity index (χ2n) is 9.75. The fourth-order valence-corrected chi connectivity index (χ4v) is 5.88. The Morgan fingerprint density at radius 3 is 2.77 bits per heavy atom. The van der Waals surface area contributed by atoms with Crippen LogP contribution in [0.1, 0.15) is 40.0 Å². The van der Waals surface area contributed by atoms with Crippen molar-refractivity contribution in [1.29, 1.82) is 0 Å². The van der Waals surface area contributed by atoms with Crippen LogP contribution in [0.25, 0.3) is 17.4 Å². The average molecular weight is 639 g/mol. The van der Waals surface area contributed by atoms with Gasteiger partial charge in [-0.15, -0.1) is 0 Å². The van der Waals surface area contributed by atoms with Crippen LogP contribution < -0.4 is 20.9 Å². The number of halogens is 1. The number of ether oxygens (including phenoxy) is 1. The van der Waals surface area contributed by atoms with E-state index in [1.54, 1.807) is 37.4 Å². The summed E-state index contributed by atoms with van der Waals surface area (Å²) < 4.78 is 33.2. The number of carbonyl (C=O) groups is 1. The average Bonchev–Trinajstić information content (AvgIpc) is 3.44. The van der Waals surface area contributed by atoms with Crippen molar-refractivity contribution in [3.05, 3.63) is 51.0 Å². The standard InChI is InChI=1S/C25H32BrN6O7P/c1-4-5-15(2)38-23(35)16(3)31-40(36,39-19-8-6-18(26)7-9-19)37-13-25(12-33)10-17(25)11-32-14-28-20-21(32)29-24(27)30-22(20)34/h6-9,11,14-16,33H,4-5,10,12-13H2,1-3H3,(H,31,36)(H3,27,29,30,34)/b17-11-/t15-,16?,25-,40?/m0/s1. The molecule has 2 heterocycles. The third kappa shape index (κ3) is 6.99. The molecule has 0 saturated heterocycles. The third-order valence-corrected chi connectivity index (χ3v) is 8.55. The minimum absolute atomic E-state index is 0.0564. The summed E-state index contributed by atoms with van der Waals surface area (Å²) in [6.07, 6.45) is 4.73. The van der Waals surface area contributed by atoms with Gasteiger partial charge in [0.25, 0.3) is 5.56 Å². The van der Waals surface area contributed by atoms with E-state index >= 15 is 0 Å². The van der Waals surface area contributed by atoms with Crippen molar-refractivity contribution in [1.82, 2.24) is 24.6 Å². The van der Waals surface area contributed by atoms with E-state index in [2.05, 4.69) is 36.0 Å². The Labute approximate surface area is 238 Å². The van der Waals surface area contributed by atoms with Gasteiger partial charge in [-0.05, 0) is 56.5 Å². The van der Waals surface area contributed by atoms with Crippen molar-refractivity contribution in [2.75, 3.05) is 18.9 Å². The van der Waals surface area contributed by atoms with Crippen LogP contribution in [-0.4, -0.2) is 56.0 Å². The zero-order valence-electron chi connectivity index (χ0n) is 22.3. The Morgan fingerprint density at radius 1 is 1.38 bits per heavy atom. The topological polar surface area (TPSA) is 184 Å². The lowest BCUT2D eigenvalue weighted by Gasteiger charge is -2.25. The smallest absolute Gasteiger partial charge is 0.459 e. The number of hydrogen-bond donors (Lipinski definition) is 4. The fraction of sp³-hybridized carbons (Fsp3) is 0.440. The zero-order valence-corrected chi connectivity index (χ0v) is 24.8. The first-order valence-electron chi connectivity index (χ1n) is 12.7. The minimum Gasteiger partial charge on any atom is -0.462 e. The minimum atomic E-state index is -4.14. The van der Waals surface area contributed by atoms with Crippen LogP contribution in [0.3, 0.4) is 0 Å². The molecule has 3 aromatic rings. The molecule has 0 amide bonds. The van der Waals surface area contributed by atoms with Gasteiger partial charge >= 0.3 is 13.7 Å². The third-order valence-electron chi connectivity index (χ3n) is 6.40. The lowest BCUT2D eigenvalue weighted by Crippen LogP contribution is -2.37. The molecule has 0 spiro atoms. The zero-order chi connectivity index (χ0) is 29.1. The number of nitrogen functional groups attached to an aromatic ring is 1. The number of nitrogens with zero attached hydrogens (tertiary/aromatic N) is 3. The Balaban J connectivity index is 1.53. The molecular formula is C25H32BrN6O7P. The molecular weight excluding hydrogens is 607 g/mol. The summed E-state index contributed by atoms with van der Waals surface area (Å²) in [5.74, 6) is -0.400. The van der Waals surface area contributed by atoms with Crippen LogP contribution in [0, 0.1) is 5.41 Å². The van der Waals surface area contributed by atoms with E-state index in [1.165, 1.54) is 17.8 Å². The molecule has 1 saturated carbocycles. The number of aliphatic hydroxyl groups is 1. The van der Waals surface area contributed by atoms with E-state index in [-0.39, 0.29) is 42.2 Å². The molecule has 1 aromatic carbocycles. The summed E-state index contributed by atoms with van der Waals surface area (Å²) in [5, 5.41) is 12.9. The number of anilines is 1. The van der Waals surface area contributed by atoms with Crippen molar-refractivity contribution in [2.45, 2.75) is 52.2 Å². The summed E-state index contributed by atoms with van der Waals surface area (Å²) in [4.78, 5) is 35.3. The van der Waals surface area contributed by atoms with Crippen molar-refractivity contribution in [2.24, 2.45) is 5.41 Å². The van der Waals surface area contributed by atoms with Crippen LogP contribution in [0.2, 0.25) is 0 Å². The van der Waals surface area contributed by atoms with Crippen molar-refractivity contribution < 1.29 is 28.3 Å². The lowest BCUT2D eigenvalue weighted by atomic mass is 10.1. The molecule has 0 aliphatic heterocycles. The molecule has 1 aliphatic rings. The Hall–Kier alpha value is -3.03. The Morgan fingerprint density at radius 2 is 2.10 bits per heavy atom. The maximum Gasteiger partial charge on any atom is 0.459 e. The van der Waals surface area contributed by atoms with Gasteiger partial charge in [0.05, 0.1) is 19.3 Å². The van der Waals surface area contributed by atoms with Crippen molar-refractivity contribution >= 4 is 53.0 Å². The van der Waals surface area contributed by atoms with E-state index in [4.69, 9.17) is 19.5 Å². The van der Waals surface area contributed by atoms with Crippen molar-refractivity contribution in [3.8, 4) is 5.75 Å². The number of hydrogen-bond acceptors (Lipinski definition) is 10. The molecule has 0 bridgehead atoms. The number of esters is 1. The van der Waals surface area contributed by atoms with Gasteiger partial charge in [-0.25, -0.2) is 9.55 Å². The van der Waals surface area contributed by atoms with Gasteiger partial charge in [0.15, 0.2) is 11.2 Å². The molecule has 216 valence electrons. The predicted molar refractivity (Wildman–Crippen MR) is 152 cm³/mol. The van der Waals surface area contributed by atoms with Crippen molar-refractivity contribution in [3.63, 3.8) is 0 Å². The summed E-state index contributed by atoms with van der Waals surface area (Å²) >= 11 is 3.34. The molecule has 1 aliphatic carbocycles. The molecule has 15 heteroatoms. The maximum atomic E-state index is 13.9. The highest BCUT2D eigenvalue weighted by Gasteiger charge is 2.51. The Bertz CT molecular complexity index is 1510. The van der Waals surface area contributed by atoms with Crippen LogP contribution >= 0.6 is 23.7 Å². The molecule has 1 fully saturated rings. The van der Waals surface area contributed by atoms with Gasteiger partial charge < -0.3 is 20.1 Å². The molecule has 5 N–H and O–H groups in total. The van der Waals surface area contributed by atoms with Crippen LogP contribution in [0.15, 0.2) is 45.4 Å². The first-order valence-corrected chi connectivity index (χ1v) is 15.0. The number of H-pyrrole nitrogens is 1. The number of carbonyl (C=O) groups excluding carboxylic acids is 1. The van der Waals surface area contributed by atoms with E-state index in [0.717, 1.165) is 16.5 Å². The van der Waals surface area contributed by atoms with Gasteiger partial charge in [-0.1, -0.05) is 29.3 Å². The number of aromatic amines is 1. The molecule has 40 heavy (non-hydrogen) atoms. The molecule has 2 unspecified atom stereocenters. The molecule has 13 nitrogen and oxygen atoms in total. The van der Waals surface area contributed by atoms with Crippen LogP contribution in [-0.2, 0) is 18.6 Å². The Kier molecular flexibility index (Phi) is 9.16. The monoisotopic (exact) mass is 638 g/mol. The molecule has 4 atom stereocenters. The van der Waals surface area contributed by atoms with Gasteiger partial charge in [0.2, 0.25) is 5.95 Å². The highest BCUT2D eigenvalue weighted by atomic mass is 79.9. The van der Waals surface area contributed by atoms with Crippen LogP contribution in [0.5, 0.6) is 5.75 Å². The molecule has 4 rings (SSSR count). The number of imidazole rings is 1. The molecule has 0 radical (unpaired) electrons. The highest BCUT2D eigenvalue weighted by molar-refractivity contribution is 9.10.